The van der Waals surface area contributed by atoms with Gasteiger partial charge in [-0.1, -0.05) is 5.57 Å². The molecule has 0 aliphatic heterocycles. The number of carbonyl (C=O) groups is 1. The summed E-state index contributed by atoms with van der Waals surface area (Å²) in [5.74, 6) is 0. The molecular weight excluding hydrogens is 136 g/mol. The van der Waals surface area contributed by atoms with Crippen molar-refractivity contribution in [1.82, 2.24) is 0 Å². The predicted molar refractivity (Wildman–Crippen MR) is 46.4 cm³/mol. The Labute approximate surface area is 67.8 Å². The van der Waals surface area contributed by atoms with Gasteiger partial charge in [-0.2, -0.15) is 0 Å². The van der Waals surface area contributed by atoms with Gasteiger partial charge in [-0.25, -0.2) is 0 Å². The van der Waals surface area contributed by atoms with Crippen LogP contribution in [0.2, 0.25) is 0 Å². The van der Waals surface area contributed by atoms with Crippen LogP contribution in [0.25, 0.3) is 0 Å². The second-order valence-corrected chi connectivity index (χ2v) is 3.17. The lowest BCUT2D eigenvalue weighted by Crippen LogP contribution is -2.01. The van der Waals surface area contributed by atoms with Crippen molar-refractivity contribution in [1.29, 1.82) is 0 Å². The maximum atomic E-state index is 10.5. The molecule has 0 fully saturated rings. The second-order valence-electron chi connectivity index (χ2n) is 3.17. The Morgan fingerprint density at radius 3 is 2.27 bits per heavy atom. The summed E-state index contributed by atoms with van der Waals surface area (Å²) in [5.41, 5.74) is 4.89. The van der Waals surface area contributed by atoms with Crippen molar-refractivity contribution in [3.63, 3.8) is 0 Å². The molecule has 0 saturated carbocycles. The van der Waals surface area contributed by atoms with E-state index in [1.165, 1.54) is 16.7 Å². The van der Waals surface area contributed by atoms with E-state index in [0.29, 0.717) is 0 Å². The van der Waals surface area contributed by atoms with Crippen molar-refractivity contribution in [3.8, 4) is 0 Å². The van der Waals surface area contributed by atoms with Crippen LogP contribution in [0.5, 0.6) is 0 Å². The summed E-state index contributed by atoms with van der Waals surface area (Å²) < 4.78 is 0. The molecule has 1 aliphatic rings. The van der Waals surface area contributed by atoms with Gasteiger partial charge in [-0.15, -0.1) is 0 Å². The number of aldehydes is 1. The number of carbonyl (C=O) groups excluding carboxylic acids is 1. The highest BCUT2D eigenvalue weighted by Gasteiger charge is 2.11. The Balaban J connectivity index is 3.07. The molecule has 0 bridgehead atoms. The molecule has 0 amide bonds. The third kappa shape index (κ3) is 1.42. The molecule has 0 saturated heterocycles. The molecule has 0 aromatic carbocycles. The fourth-order valence-corrected chi connectivity index (χ4v) is 1.41. The summed E-state index contributed by atoms with van der Waals surface area (Å²) in [6, 6.07) is 0. The molecule has 0 N–H and O–H groups in total. The van der Waals surface area contributed by atoms with Crippen LogP contribution in [0.4, 0.5) is 0 Å². The molecule has 1 heteroatoms. The van der Waals surface area contributed by atoms with E-state index in [1.807, 2.05) is 6.92 Å². The summed E-state index contributed by atoms with van der Waals surface area (Å²) in [5, 5.41) is 0. The summed E-state index contributed by atoms with van der Waals surface area (Å²) in [4.78, 5) is 10.5. The van der Waals surface area contributed by atoms with Crippen molar-refractivity contribution in [2.75, 3.05) is 0 Å². The number of hydrogen-bond acceptors (Lipinski definition) is 1. The Hall–Kier alpha value is -0.850. The van der Waals surface area contributed by atoms with Gasteiger partial charge in [0.05, 0.1) is 0 Å². The molecule has 0 radical (unpaired) electrons. The van der Waals surface area contributed by atoms with Crippen LogP contribution in [0.15, 0.2) is 22.3 Å². The molecule has 11 heavy (non-hydrogen) atoms. The lowest BCUT2D eigenvalue weighted by molar-refractivity contribution is -0.105. The zero-order valence-electron chi connectivity index (χ0n) is 7.40. The van der Waals surface area contributed by atoms with Crippen LogP contribution in [0, 0.1) is 0 Å². The summed E-state index contributed by atoms with van der Waals surface area (Å²) >= 11 is 0. The number of rotatable bonds is 1. The quantitative estimate of drug-likeness (QED) is 0.525. The van der Waals surface area contributed by atoms with E-state index in [-0.39, 0.29) is 0 Å². The first kappa shape index (κ1) is 8.25. The van der Waals surface area contributed by atoms with Crippen LogP contribution in [0.1, 0.15) is 33.6 Å². The summed E-state index contributed by atoms with van der Waals surface area (Å²) in [6.07, 6.45) is 2.97. The van der Waals surface area contributed by atoms with E-state index < -0.39 is 0 Å². The minimum absolute atomic E-state index is 0.929. The Kier molecular flexibility index (Phi) is 2.28. The first-order valence-electron chi connectivity index (χ1n) is 3.98. The lowest BCUT2D eigenvalue weighted by atomic mass is 9.88. The van der Waals surface area contributed by atoms with Gasteiger partial charge in [0.15, 0.2) is 0 Å². The van der Waals surface area contributed by atoms with Crippen molar-refractivity contribution >= 4 is 6.29 Å². The van der Waals surface area contributed by atoms with Gasteiger partial charge in [0.2, 0.25) is 0 Å². The molecule has 1 rings (SSSR count). The lowest BCUT2D eigenvalue weighted by Gasteiger charge is -2.16. The van der Waals surface area contributed by atoms with E-state index in [9.17, 15) is 4.79 Å². The maximum absolute atomic E-state index is 10.5. The van der Waals surface area contributed by atoms with Crippen molar-refractivity contribution in [2.24, 2.45) is 0 Å². The van der Waals surface area contributed by atoms with Gasteiger partial charge in [0.1, 0.15) is 6.29 Å². The van der Waals surface area contributed by atoms with Gasteiger partial charge in [-0.05, 0) is 50.3 Å². The maximum Gasteiger partial charge on any atom is 0.146 e. The third-order valence-corrected chi connectivity index (χ3v) is 2.60. The van der Waals surface area contributed by atoms with Crippen molar-refractivity contribution in [3.05, 3.63) is 22.3 Å². The molecule has 1 nitrogen and oxygen atoms in total. The Morgan fingerprint density at radius 2 is 1.73 bits per heavy atom. The fraction of sp³-hybridized carbons (Fsp3) is 0.500. The van der Waals surface area contributed by atoms with Crippen LogP contribution >= 0.6 is 0 Å². The molecule has 0 unspecified atom stereocenters. The van der Waals surface area contributed by atoms with Crippen molar-refractivity contribution < 1.29 is 4.79 Å². The second kappa shape index (κ2) is 3.04. The first-order chi connectivity index (χ1) is 5.16. The van der Waals surface area contributed by atoms with E-state index in [1.54, 1.807) is 0 Å². The molecular formula is C10H14O. The molecule has 0 spiro atoms. The Morgan fingerprint density at radius 1 is 1.09 bits per heavy atom. The molecule has 0 atom stereocenters. The highest BCUT2D eigenvalue weighted by Crippen LogP contribution is 2.28. The average molecular weight is 150 g/mol. The van der Waals surface area contributed by atoms with E-state index >= 15 is 0 Å². The standard InChI is InChI=1S/C10H14O/c1-7-4-5-10(6-11)9(3)8(7)2/h6H,4-5H2,1-3H3. The minimum Gasteiger partial charge on any atom is -0.298 e. The Bertz CT molecular complexity index is 244. The van der Waals surface area contributed by atoms with E-state index in [0.717, 1.165) is 24.7 Å². The largest absolute Gasteiger partial charge is 0.298 e. The normalized spacial score (nSPS) is 19.2. The molecule has 0 aromatic rings. The van der Waals surface area contributed by atoms with Crippen LogP contribution in [-0.2, 0) is 4.79 Å². The van der Waals surface area contributed by atoms with Crippen molar-refractivity contribution in [2.45, 2.75) is 33.6 Å². The van der Waals surface area contributed by atoms with Gasteiger partial charge < -0.3 is 0 Å². The molecule has 0 aromatic heterocycles. The number of hydrogen-bond donors (Lipinski definition) is 0. The minimum atomic E-state index is 0.929. The average Bonchev–Trinajstić information content (AvgIpc) is 2.01. The highest BCUT2D eigenvalue weighted by molar-refractivity contribution is 5.77. The zero-order chi connectivity index (χ0) is 8.43. The van der Waals surface area contributed by atoms with Gasteiger partial charge in [-0.3, -0.25) is 4.79 Å². The van der Waals surface area contributed by atoms with Crippen LogP contribution in [-0.4, -0.2) is 6.29 Å². The van der Waals surface area contributed by atoms with Gasteiger partial charge >= 0.3 is 0 Å². The van der Waals surface area contributed by atoms with E-state index in [4.69, 9.17) is 0 Å². The van der Waals surface area contributed by atoms with Crippen LogP contribution in [0.3, 0.4) is 0 Å². The third-order valence-electron chi connectivity index (χ3n) is 2.60. The van der Waals surface area contributed by atoms with E-state index in [2.05, 4.69) is 13.8 Å². The smallest absolute Gasteiger partial charge is 0.146 e. The summed E-state index contributed by atoms with van der Waals surface area (Å²) in [6.45, 7) is 6.26. The molecule has 1 aliphatic carbocycles. The first-order valence-corrected chi connectivity index (χ1v) is 3.98. The monoisotopic (exact) mass is 150 g/mol. The fourth-order valence-electron chi connectivity index (χ4n) is 1.41. The molecule has 0 heterocycles. The topological polar surface area (TPSA) is 17.1 Å². The van der Waals surface area contributed by atoms with Gasteiger partial charge in [0, 0.05) is 0 Å². The van der Waals surface area contributed by atoms with Crippen LogP contribution < -0.4 is 0 Å². The number of allylic oxidation sites excluding steroid dienone is 4. The highest BCUT2D eigenvalue weighted by atomic mass is 16.1. The zero-order valence-corrected chi connectivity index (χ0v) is 7.40. The SMILES string of the molecule is CC1=C(C)C(C)=C(C=O)CC1. The van der Waals surface area contributed by atoms with Gasteiger partial charge in [0.25, 0.3) is 0 Å². The molecule has 60 valence electrons. The predicted octanol–water partition coefficient (Wildman–Crippen LogP) is 2.63. The summed E-state index contributed by atoms with van der Waals surface area (Å²) in [7, 11) is 0.